The Hall–Kier alpha value is -3.05. The molecule has 14 nitrogen and oxygen atoms in total. The minimum Gasteiger partial charge on any atom is -0.456 e. The number of aliphatic hydroxyl groups is 1. The number of carbonyl (C=O) groups excluding carboxylic acids is 3. The van der Waals surface area contributed by atoms with Gasteiger partial charge in [-0.3, -0.25) is 9.78 Å². The monoisotopic (exact) mass is 777 g/mol. The van der Waals surface area contributed by atoms with Crippen molar-refractivity contribution in [2.24, 2.45) is 23.5 Å². The van der Waals surface area contributed by atoms with Gasteiger partial charge in [0.05, 0.1) is 30.5 Å². The molecule has 2 unspecified atom stereocenters. The number of pyridine rings is 1. The number of esters is 1. The molecule has 3 fully saturated rings. The zero-order chi connectivity index (χ0) is 41.2. The number of amides is 1. The molecule has 0 bridgehead atoms. The molecule has 1 amide bonds. The van der Waals surface area contributed by atoms with E-state index in [-0.39, 0.29) is 31.1 Å². The number of hydrogen-bond acceptors (Lipinski definition) is 13. The first-order chi connectivity index (χ1) is 25.6. The van der Waals surface area contributed by atoms with E-state index in [1.54, 1.807) is 38.3 Å². The van der Waals surface area contributed by atoms with E-state index in [0.717, 1.165) is 12.5 Å². The van der Waals surface area contributed by atoms with Crippen LogP contribution in [0, 0.1) is 17.8 Å². The number of nitrogens with two attached hydrogens (primary N) is 1. The summed E-state index contributed by atoms with van der Waals surface area (Å²) in [5.74, 6) is -4.72. The molecule has 310 valence electrons. The Balaban J connectivity index is 1.87. The molecule has 1 aromatic rings. The normalized spacial score (nSPS) is 41.0. The van der Waals surface area contributed by atoms with Gasteiger partial charge in [0, 0.05) is 44.0 Å². The molecule has 55 heavy (non-hydrogen) atoms. The van der Waals surface area contributed by atoms with Crippen molar-refractivity contribution < 1.29 is 47.6 Å². The zero-order valence-electron chi connectivity index (χ0n) is 34.6. The number of rotatable bonds is 9. The second kappa shape index (κ2) is 17.6. The number of likely N-dealkylation sites (N-methyl/N-ethyl adjacent to an activating group) is 1. The summed E-state index contributed by atoms with van der Waals surface area (Å²) in [7, 11) is 5.43. The molecule has 0 radical (unpaired) electrons. The fourth-order valence-electron chi connectivity index (χ4n) is 8.53. The molecule has 4 heterocycles. The number of aliphatic hydroxyl groups excluding tert-OH is 1. The maximum atomic E-state index is 16.9. The molecule has 14 atom stereocenters. The SMILES string of the molecule is CCN(C)N1C(=O)O[C@]2(C)[C@@H](C)OC(=O)C(C)(F)C(=O)[C@H](C)[C@@H](O[C@@H]3O[C@H](C)C[C@H](N(C)C)[C@H]3O)[C@@](C)(OC/C=C/c3ccncc3)C[C@@H](C)C(N)[C@H](C)[C@@H]12. The summed E-state index contributed by atoms with van der Waals surface area (Å²) in [6, 6.07) is 1.96. The second-order valence-corrected chi connectivity index (χ2v) is 16.6. The van der Waals surface area contributed by atoms with E-state index in [4.69, 9.17) is 29.4 Å². The van der Waals surface area contributed by atoms with Crippen molar-refractivity contribution in [3.8, 4) is 0 Å². The van der Waals surface area contributed by atoms with Crippen LogP contribution in [0.4, 0.5) is 9.18 Å². The van der Waals surface area contributed by atoms with E-state index < -0.39 is 83.2 Å². The van der Waals surface area contributed by atoms with Crippen molar-refractivity contribution in [1.29, 1.82) is 0 Å². The fraction of sp³-hybridized carbons (Fsp3) is 0.750. The van der Waals surface area contributed by atoms with Crippen LogP contribution in [-0.2, 0) is 33.3 Å². The van der Waals surface area contributed by atoms with Crippen LogP contribution in [0.15, 0.2) is 30.6 Å². The summed E-state index contributed by atoms with van der Waals surface area (Å²) in [4.78, 5) is 47.7. The maximum absolute atomic E-state index is 16.9. The lowest BCUT2D eigenvalue weighted by Crippen LogP contribution is -2.63. The number of cyclic esters (lactones) is 1. The smallest absolute Gasteiger partial charge is 0.425 e. The largest absolute Gasteiger partial charge is 0.456 e. The Kier molecular flexibility index (Phi) is 14.3. The average Bonchev–Trinajstić information content (AvgIpc) is 3.42. The van der Waals surface area contributed by atoms with Crippen LogP contribution in [0.2, 0.25) is 0 Å². The van der Waals surface area contributed by atoms with E-state index in [1.165, 1.54) is 18.9 Å². The summed E-state index contributed by atoms with van der Waals surface area (Å²) >= 11 is 0. The van der Waals surface area contributed by atoms with Crippen molar-refractivity contribution in [2.45, 2.75) is 141 Å². The van der Waals surface area contributed by atoms with Crippen molar-refractivity contribution >= 4 is 23.9 Å². The summed E-state index contributed by atoms with van der Waals surface area (Å²) in [5.41, 5.74) is 2.01. The third-order valence-corrected chi connectivity index (χ3v) is 12.1. The van der Waals surface area contributed by atoms with Crippen LogP contribution in [0.1, 0.15) is 80.7 Å². The number of alkyl halides is 1. The predicted molar refractivity (Wildman–Crippen MR) is 204 cm³/mol. The lowest BCUT2D eigenvalue weighted by molar-refractivity contribution is -0.297. The van der Waals surface area contributed by atoms with Crippen molar-refractivity contribution in [3.05, 3.63) is 36.2 Å². The van der Waals surface area contributed by atoms with Gasteiger partial charge < -0.3 is 39.4 Å². The number of carbonyl (C=O) groups is 3. The maximum Gasteiger partial charge on any atom is 0.425 e. The highest BCUT2D eigenvalue weighted by Crippen LogP contribution is 2.44. The van der Waals surface area contributed by atoms with Crippen LogP contribution in [0.5, 0.6) is 0 Å². The van der Waals surface area contributed by atoms with Gasteiger partial charge >= 0.3 is 12.1 Å². The first-order valence-electron chi connectivity index (χ1n) is 19.4. The number of nitrogens with zero attached hydrogens (tertiary/aromatic N) is 4. The summed E-state index contributed by atoms with van der Waals surface area (Å²) in [5, 5.41) is 14.7. The molecular weight excluding hydrogens is 713 g/mol. The van der Waals surface area contributed by atoms with Gasteiger partial charge in [0.2, 0.25) is 0 Å². The van der Waals surface area contributed by atoms with Gasteiger partial charge in [0.1, 0.15) is 12.2 Å². The van der Waals surface area contributed by atoms with Crippen LogP contribution in [-0.4, -0.2) is 143 Å². The Labute approximate surface area is 325 Å². The summed E-state index contributed by atoms with van der Waals surface area (Å²) in [6.07, 6.45) is 1.91. The standard InChI is InChI=1S/C40H64FN5O9/c1-13-45(12)46-32-25(4)30(42)23(2)22-38(7,51-20-14-15-28-16-18-43-19-17-28)34(54-35-31(47)29(44(10)11)21-24(3)52-35)26(5)33(48)39(8,41)36(49)53-27(6)40(32,9)55-37(46)50/h14-19,23-27,29-32,34-35,47H,13,20-22,42H2,1-12H3/b15-14+/t23-,24-,25+,26+,27-,29+,30?,31-,32-,34-,35+,38+,39?,40-/m1/s1. The van der Waals surface area contributed by atoms with Gasteiger partial charge in [-0.2, -0.15) is 0 Å². The van der Waals surface area contributed by atoms with E-state index in [2.05, 4.69) is 4.98 Å². The molecule has 3 aliphatic rings. The molecule has 4 rings (SSSR count). The van der Waals surface area contributed by atoms with Crippen molar-refractivity contribution in [3.63, 3.8) is 0 Å². The molecule has 1 aromatic heterocycles. The first-order valence-corrected chi connectivity index (χ1v) is 19.4. The second-order valence-electron chi connectivity index (χ2n) is 16.6. The van der Waals surface area contributed by atoms with Gasteiger partial charge in [-0.25, -0.2) is 24.0 Å². The molecular formula is C40H64FN5O9. The van der Waals surface area contributed by atoms with Gasteiger partial charge in [0.15, 0.2) is 17.7 Å². The lowest BCUT2D eigenvalue weighted by Gasteiger charge is -2.48. The number of Topliss-reactive ketones (excluding diaryl/α,β-unsaturated/α-hetero) is 1. The highest BCUT2D eigenvalue weighted by atomic mass is 19.1. The van der Waals surface area contributed by atoms with E-state index >= 15 is 4.39 Å². The van der Waals surface area contributed by atoms with Crippen LogP contribution >= 0.6 is 0 Å². The van der Waals surface area contributed by atoms with Crippen LogP contribution in [0.3, 0.4) is 0 Å². The Morgan fingerprint density at radius 3 is 2.33 bits per heavy atom. The molecule has 0 saturated carbocycles. The van der Waals surface area contributed by atoms with Gasteiger partial charge in [-0.05, 0) is 91.1 Å². The van der Waals surface area contributed by atoms with Crippen molar-refractivity contribution in [2.75, 3.05) is 34.3 Å². The molecule has 3 N–H and O–H groups in total. The number of ether oxygens (including phenoxy) is 5. The summed E-state index contributed by atoms with van der Waals surface area (Å²) < 4.78 is 48.2. The van der Waals surface area contributed by atoms with Gasteiger partial charge in [0.25, 0.3) is 5.67 Å². The summed E-state index contributed by atoms with van der Waals surface area (Å²) in [6.45, 7) is 15.4. The highest BCUT2D eigenvalue weighted by molar-refractivity contribution is 6.07. The van der Waals surface area contributed by atoms with Gasteiger partial charge in [-0.1, -0.05) is 39.8 Å². The molecule has 15 heteroatoms. The van der Waals surface area contributed by atoms with Crippen LogP contribution < -0.4 is 5.73 Å². The zero-order valence-corrected chi connectivity index (χ0v) is 34.6. The number of aromatic nitrogens is 1. The first kappa shape index (κ1) is 44.7. The quantitative estimate of drug-likeness (QED) is 0.273. The van der Waals surface area contributed by atoms with Crippen molar-refractivity contribution in [1.82, 2.24) is 19.9 Å². The Morgan fingerprint density at radius 1 is 1.09 bits per heavy atom. The van der Waals surface area contributed by atoms with E-state index in [0.29, 0.717) is 13.0 Å². The topological polar surface area (TPSA) is 166 Å². The molecule has 0 spiro atoms. The van der Waals surface area contributed by atoms with E-state index in [9.17, 15) is 19.5 Å². The highest BCUT2D eigenvalue weighted by Gasteiger charge is 2.62. The Morgan fingerprint density at radius 2 is 1.73 bits per heavy atom. The predicted octanol–water partition coefficient (Wildman–Crippen LogP) is 4.00. The lowest BCUT2D eigenvalue weighted by atomic mass is 9.72. The minimum absolute atomic E-state index is 0.0481. The van der Waals surface area contributed by atoms with Gasteiger partial charge in [-0.15, -0.1) is 0 Å². The fourth-order valence-corrected chi connectivity index (χ4v) is 8.53. The van der Waals surface area contributed by atoms with Crippen LogP contribution in [0.25, 0.3) is 6.08 Å². The number of hydrogen-bond donors (Lipinski definition) is 2. The molecule has 3 aliphatic heterocycles. The van der Waals surface area contributed by atoms with E-state index in [1.807, 2.05) is 71.0 Å². The Bertz CT molecular complexity index is 1520. The molecule has 0 aromatic carbocycles. The number of fused-ring (bicyclic) bond motifs is 1. The number of halogens is 1. The number of hydrazine groups is 1. The third kappa shape index (κ3) is 9.24. The average molecular weight is 778 g/mol. The third-order valence-electron chi connectivity index (χ3n) is 12.1. The number of ketones is 1. The minimum atomic E-state index is -3.16. The molecule has 3 saturated heterocycles. The molecule has 0 aliphatic carbocycles.